The lowest BCUT2D eigenvalue weighted by atomic mass is 10.3. The van der Waals surface area contributed by atoms with Gasteiger partial charge in [0.25, 0.3) is 0 Å². The van der Waals surface area contributed by atoms with Gasteiger partial charge in [-0.2, -0.15) is 18.3 Å². The summed E-state index contributed by atoms with van der Waals surface area (Å²) in [4.78, 5) is 22.6. The normalized spacial score (nSPS) is 11.3. The van der Waals surface area contributed by atoms with Gasteiger partial charge in [-0.25, -0.2) is 9.59 Å². The van der Waals surface area contributed by atoms with Crippen molar-refractivity contribution >= 4 is 27.9 Å². The highest BCUT2D eigenvalue weighted by atomic mass is 79.9. The standard InChI is InChI=1S/C10H10BrF3N2O4/c1-3-19-5(17)4-20-9(18)7-6(11)8(10(12,13)14)15-16(7)2/h3-4H2,1-2H3. The molecule has 1 aromatic heterocycles. The molecule has 0 bridgehead atoms. The minimum Gasteiger partial charge on any atom is -0.463 e. The van der Waals surface area contributed by atoms with E-state index in [1.165, 1.54) is 0 Å². The molecule has 112 valence electrons. The number of rotatable bonds is 4. The van der Waals surface area contributed by atoms with Crippen molar-refractivity contribution in [3.8, 4) is 0 Å². The second-order valence-electron chi connectivity index (χ2n) is 3.51. The highest BCUT2D eigenvalue weighted by Gasteiger charge is 2.39. The van der Waals surface area contributed by atoms with E-state index in [4.69, 9.17) is 0 Å². The van der Waals surface area contributed by atoms with Gasteiger partial charge >= 0.3 is 18.1 Å². The predicted molar refractivity (Wildman–Crippen MR) is 62.8 cm³/mol. The third-order valence-corrected chi connectivity index (χ3v) is 2.83. The number of aromatic nitrogens is 2. The Bertz CT molecular complexity index is 527. The number of esters is 2. The van der Waals surface area contributed by atoms with Crippen molar-refractivity contribution in [2.24, 2.45) is 7.05 Å². The van der Waals surface area contributed by atoms with Crippen molar-refractivity contribution in [1.29, 1.82) is 0 Å². The summed E-state index contributed by atoms with van der Waals surface area (Å²) in [5.74, 6) is -1.91. The molecule has 1 heterocycles. The van der Waals surface area contributed by atoms with Gasteiger partial charge < -0.3 is 9.47 Å². The molecule has 0 unspecified atom stereocenters. The summed E-state index contributed by atoms with van der Waals surface area (Å²) in [6.07, 6.45) is -4.71. The zero-order valence-electron chi connectivity index (χ0n) is 10.5. The topological polar surface area (TPSA) is 70.4 Å². The van der Waals surface area contributed by atoms with Crippen LogP contribution in [0.15, 0.2) is 4.47 Å². The van der Waals surface area contributed by atoms with Crippen molar-refractivity contribution in [3.63, 3.8) is 0 Å². The first-order valence-corrected chi connectivity index (χ1v) is 6.10. The van der Waals surface area contributed by atoms with Crippen LogP contribution in [0.3, 0.4) is 0 Å². The summed E-state index contributed by atoms with van der Waals surface area (Å²) < 4.78 is 47.0. The molecule has 0 aliphatic carbocycles. The first-order chi connectivity index (χ1) is 9.18. The molecule has 20 heavy (non-hydrogen) atoms. The minimum absolute atomic E-state index is 0.101. The van der Waals surface area contributed by atoms with Crippen LogP contribution in [-0.2, 0) is 27.5 Å². The number of hydrogen-bond acceptors (Lipinski definition) is 5. The average Bonchev–Trinajstić information content (AvgIpc) is 2.62. The molecule has 0 atom stereocenters. The van der Waals surface area contributed by atoms with Gasteiger partial charge in [-0.05, 0) is 22.9 Å². The number of ether oxygens (including phenoxy) is 2. The summed E-state index contributed by atoms with van der Waals surface area (Å²) in [6, 6.07) is 0. The molecular weight excluding hydrogens is 349 g/mol. The van der Waals surface area contributed by atoms with Gasteiger partial charge in [0, 0.05) is 7.05 Å². The van der Waals surface area contributed by atoms with E-state index in [0.717, 1.165) is 11.7 Å². The molecule has 0 spiro atoms. The molecule has 0 aliphatic rings. The first kappa shape index (κ1) is 16.5. The number of alkyl halides is 3. The van der Waals surface area contributed by atoms with Gasteiger partial charge in [0.05, 0.1) is 11.1 Å². The van der Waals surface area contributed by atoms with Crippen molar-refractivity contribution in [2.75, 3.05) is 13.2 Å². The number of carbonyl (C=O) groups excluding carboxylic acids is 2. The Morgan fingerprint density at radius 2 is 1.95 bits per heavy atom. The Morgan fingerprint density at radius 3 is 2.40 bits per heavy atom. The van der Waals surface area contributed by atoms with Crippen LogP contribution in [0.5, 0.6) is 0 Å². The van der Waals surface area contributed by atoms with Crippen molar-refractivity contribution in [2.45, 2.75) is 13.1 Å². The molecule has 0 aliphatic heterocycles. The summed E-state index contributed by atoms with van der Waals surface area (Å²) in [5.41, 5.74) is -1.69. The van der Waals surface area contributed by atoms with E-state index >= 15 is 0 Å². The fourth-order valence-corrected chi connectivity index (χ4v) is 2.02. The number of carbonyl (C=O) groups is 2. The first-order valence-electron chi connectivity index (χ1n) is 5.30. The van der Waals surface area contributed by atoms with Gasteiger partial charge in [-0.15, -0.1) is 0 Å². The van der Waals surface area contributed by atoms with E-state index in [-0.39, 0.29) is 6.61 Å². The number of aryl methyl sites for hydroxylation is 1. The van der Waals surface area contributed by atoms with E-state index in [9.17, 15) is 22.8 Å². The monoisotopic (exact) mass is 358 g/mol. The number of nitrogens with zero attached hydrogens (tertiary/aromatic N) is 2. The minimum atomic E-state index is -4.71. The Kier molecular flexibility index (Phi) is 5.15. The Hall–Kier alpha value is -1.58. The molecule has 0 aromatic carbocycles. The second kappa shape index (κ2) is 6.25. The Morgan fingerprint density at radius 1 is 1.35 bits per heavy atom. The third-order valence-electron chi connectivity index (χ3n) is 2.08. The zero-order chi connectivity index (χ0) is 15.5. The van der Waals surface area contributed by atoms with Crippen LogP contribution in [0.25, 0.3) is 0 Å². The van der Waals surface area contributed by atoms with E-state index in [2.05, 4.69) is 30.5 Å². The molecule has 0 amide bonds. The molecule has 0 radical (unpaired) electrons. The predicted octanol–water partition coefficient (Wildman–Crippen LogP) is 1.92. The van der Waals surface area contributed by atoms with Crippen LogP contribution in [0.1, 0.15) is 23.1 Å². The fourth-order valence-electron chi connectivity index (χ4n) is 1.30. The van der Waals surface area contributed by atoms with Crippen molar-refractivity contribution in [1.82, 2.24) is 9.78 Å². The maximum Gasteiger partial charge on any atom is 0.436 e. The zero-order valence-corrected chi connectivity index (χ0v) is 12.0. The summed E-state index contributed by atoms with van der Waals surface area (Å²) >= 11 is 2.66. The van der Waals surface area contributed by atoms with E-state index < -0.39 is 40.6 Å². The molecule has 6 nitrogen and oxygen atoms in total. The maximum atomic E-state index is 12.6. The van der Waals surface area contributed by atoms with Gasteiger partial charge in [0.2, 0.25) is 0 Å². The maximum absolute atomic E-state index is 12.6. The van der Waals surface area contributed by atoms with Crippen LogP contribution in [0, 0.1) is 0 Å². The molecule has 10 heteroatoms. The van der Waals surface area contributed by atoms with Crippen LogP contribution < -0.4 is 0 Å². The van der Waals surface area contributed by atoms with Crippen LogP contribution >= 0.6 is 15.9 Å². The molecule has 0 saturated heterocycles. The molecule has 1 rings (SSSR count). The van der Waals surface area contributed by atoms with Gasteiger partial charge in [0.15, 0.2) is 18.0 Å². The lowest BCUT2D eigenvalue weighted by molar-refractivity contribution is -0.146. The van der Waals surface area contributed by atoms with Crippen molar-refractivity contribution < 1.29 is 32.2 Å². The van der Waals surface area contributed by atoms with Crippen LogP contribution in [-0.4, -0.2) is 34.9 Å². The van der Waals surface area contributed by atoms with Gasteiger partial charge in [0.1, 0.15) is 0 Å². The average molecular weight is 359 g/mol. The smallest absolute Gasteiger partial charge is 0.436 e. The molecule has 1 aromatic rings. The molecular formula is C10H10BrF3N2O4. The largest absolute Gasteiger partial charge is 0.463 e. The number of halogens is 4. The van der Waals surface area contributed by atoms with Crippen molar-refractivity contribution in [3.05, 3.63) is 15.9 Å². The molecule has 0 fully saturated rings. The lowest BCUT2D eigenvalue weighted by Crippen LogP contribution is -2.18. The lowest BCUT2D eigenvalue weighted by Gasteiger charge is -2.05. The SMILES string of the molecule is CCOC(=O)COC(=O)c1c(Br)c(C(F)(F)F)nn1C. The van der Waals surface area contributed by atoms with E-state index in [0.29, 0.717) is 0 Å². The molecule has 0 saturated carbocycles. The summed E-state index contributed by atoms with van der Waals surface area (Å²) in [5, 5.41) is 3.19. The summed E-state index contributed by atoms with van der Waals surface area (Å²) in [6.45, 7) is 0.975. The fraction of sp³-hybridized carbons (Fsp3) is 0.500. The van der Waals surface area contributed by atoms with Crippen LogP contribution in [0.2, 0.25) is 0 Å². The van der Waals surface area contributed by atoms with Gasteiger partial charge in [-0.3, -0.25) is 4.68 Å². The summed E-state index contributed by atoms with van der Waals surface area (Å²) in [7, 11) is 1.15. The Balaban J connectivity index is 2.89. The highest BCUT2D eigenvalue weighted by Crippen LogP contribution is 2.35. The van der Waals surface area contributed by atoms with Crippen LogP contribution in [0.4, 0.5) is 13.2 Å². The highest BCUT2D eigenvalue weighted by molar-refractivity contribution is 9.10. The Labute approximate surface area is 120 Å². The van der Waals surface area contributed by atoms with E-state index in [1.807, 2.05) is 0 Å². The number of hydrogen-bond donors (Lipinski definition) is 0. The van der Waals surface area contributed by atoms with Gasteiger partial charge in [-0.1, -0.05) is 0 Å². The molecule has 0 N–H and O–H groups in total. The third kappa shape index (κ3) is 3.71. The second-order valence-corrected chi connectivity index (χ2v) is 4.31. The van der Waals surface area contributed by atoms with E-state index in [1.54, 1.807) is 6.92 Å². The quantitative estimate of drug-likeness (QED) is 0.769.